The highest BCUT2D eigenvalue weighted by atomic mass is 16.4. The molecule has 16 heavy (non-hydrogen) atoms. The summed E-state index contributed by atoms with van der Waals surface area (Å²) in [5.41, 5.74) is -0.410. The third kappa shape index (κ3) is 2.74. The van der Waals surface area contributed by atoms with E-state index in [4.69, 9.17) is 5.11 Å². The molecular weight excluding hydrogens is 204 g/mol. The van der Waals surface area contributed by atoms with Gasteiger partial charge in [-0.3, -0.25) is 4.79 Å². The molecule has 0 bridgehead atoms. The van der Waals surface area contributed by atoms with Gasteiger partial charge in [0.1, 0.15) is 0 Å². The lowest BCUT2D eigenvalue weighted by atomic mass is 10.0. The van der Waals surface area contributed by atoms with Gasteiger partial charge < -0.3 is 15.3 Å². The predicted molar refractivity (Wildman–Crippen MR) is 62.4 cm³/mol. The molecule has 0 aromatic heterocycles. The molecular formula is C12H22N2O2. The first kappa shape index (κ1) is 11.9. The quantitative estimate of drug-likeness (QED) is 0.657. The molecule has 1 saturated carbocycles. The molecule has 1 aliphatic heterocycles. The highest BCUT2D eigenvalue weighted by Crippen LogP contribution is 2.45. The van der Waals surface area contributed by atoms with Crippen molar-refractivity contribution in [2.75, 3.05) is 33.2 Å². The Bertz CT molecular complexity index is 264. The van der Waals surface area contributed by atoms with Gasteiger partial charge in [0, 0.05) is 13.1 Å². The first-order valence-corrected chi connectivity index (χ1v) is 6.25. The van der Waals surface area contributed by atoms with Crippen molar-refractivity contribution in [2.24, 2.45) is 11.3 Å². The van der Waals surface area contributed by atoms with E-state index < -0.39 is 11.4 Å². The second-order valence-electron chi connectivity index (χ2n) is 5.47. The van der Waals surface area contributed by atoms with Gasteiger partial charge in [-0.05, 0) is 51.7 Å². The number of rotatable bonds is 6. The minimum Gasteiger partial charge on any atom is -0.481 e. The Hall–Kier alpha value is -0.610. The van der Waals surface area contributed by atoms with Crippen LogP contribution in [0.1, 0.15) is 25.7 Å². The molecule has 1 atom stereocenters. The van der Waals surface area contributed by atoms with Gasteiger partial charge in [0.15, 0.2) is 0 Å². The summed E-state index contributed by atoms with van der Waals surface area (Å²) < 4.78 is 0. The SMILES string of the molecule is CN1CCC(CCNCC2(C(=O)O)CC2)C1. The Balaban J connectivity index is 1.57. The molecule has 4 heteroatoms. The van der Waals surface area contributed by atoms with Crippen molar-refractivity contribution in [3.05, 3.63) is 0 Å². The zero-order valence-corrected chi connectivity index (χ0v) is 10.0. The van der Waals surface area contributed by atoms with Crippen LogP contribution in [0, 0.1) is 11.3 Å². The van der Waals surface area contributed by atoms with E-state index in [1.54, 1.807) is 0 Å². The number of carboxylic acids is 1. The molecule has 1 heterocycles. The first-order valence-electron chi connectivity index (χ1n) is 6.25. The number of aliphatic carboxylic acids is 1. The standard InChI is InChI=1S/C12H22N2O2/c1-14-7-3-10(8-14)2-6-13-9-12(4-5-12)11(15)16/h10,13H,2-9H2,1H3,(H,15,16). The Morgan fingerprint density at radius 3 is 2.81 bits per heavy atom. The molecule has 0 amide bonds. The van der Waals surface area contributed by atoms with Crippen LogP contribution < -0.4 is 5.32 Å². The van der Waals surface area contributed by atoms with Crippen LogP contribution in [0.15, 0.2) is 0 Å². The zero-order chi connectivity index (χ0) is 11.6. The summed E-state index contributed by atoms with van der Waals surface area (Å²) in [7, 11) is 2.16. The fourth-order valence-corrected chi connectivity index (χ4v) is 2.51. The van der Waals surface area contributed by atoms with Gasteiger partial charge in [-0.2, -0.15) is 0 Å². The molecule has 0 radical (unpaired) electrons. The molecule has 2 fully saturated rings. The van der Waals surface area contributed by atoms with Crippen LogP contribution in [-0.4, -0.2) is 49.2 Å². The maximum absolute atomic E-state index is 10.9. The summed E-state index contributed by atoms with van der Waals surface area (Å²) >= 11 is 0. The highest BCUT2D eigenvalue weighted by molar-refractivity contribution is 5.78. The largest absolute Gasteiger partial charge is 0.481 e. The predicted octanol–water partition coefficient (Wildman–Crippen LogP) is 0.783. The van der Waals surface area contributed by atoms with Crippen molar-refractivity contribution in [1.82, 2.24) is 10.2 Å². The minimum absolute atomic E-state index is 0.410. The van der Waals surface area contributed by atoms with Crippen molar-refractivity contribution in [3.8, 4) is 0 Å². The topological polar surface area (TPSA) is 52.6 Å². The molecule has 92 valence electrons. The Kier molecular flexibility index (Phi) is 3.50. The summed E-state index contributed by atoms with van der Waals surface area (Å²) in [6.07, 6.45) is 4.17. The maximum Gasteiger partial charge on any atom is 0.310 e. The van der Waals surface area contributed by atoms with Gasteiger partial charge in [-0.15, -0.1) is 0 Å². The van der Waals surface area contributed by atoms with Gasteiger partial charge in [0.2, 0.25) is 0 Å². The van der Waals surface area contributed by atoms with Gasteiger partial charge >= 0.3 is 5.97 Å². The molecule has 0 aromatic carbocycles. The van der Waals surface area contributed by atoms with Crippen LogP contribution in [0.3, 0.4) is 0 Å². The van der Waals surface area contributed by atoms with Crippen LogP contribution in [0.2, 0.25) is 0 Å². The monoisotopic (exact) mass is 226 g/mol. The molecule has 2 N–H and O–H groups in total. The molecule has 1 aliphatic carbocycles. The number of carbonyl (C=O) groups is 1. The second kappa shape index (κ2) is 4.72. The van der Waals surface area contributed by atoms with Gasteiger partial charge in [0.25, 0.3) is 0 Å². The van der Waals surface area contributed by atoms with Crippen molar-refractivity contribution >= 4 is 5.97 Å². The number of hydrogen-bond acceptors (Lipinski definition) is 3. The van der Waals surface area contributed by atoms with Gasteiger partial charge in [-0.25, -0.2) is 0 Å². The Labute approximate surface area is 97.0 Å². The molecule has 2 rings (SSSR count). The Morgan fingerprint density at radius 2 is 2.31 bits per heavy atom. The number of nitrogens with one attached hydrogen (secondary N) is 1. The summed E-state index contributed by atoms with van der Waals surface area (Å²) in [6.45, 7) is 4.04. The van der Waals surface area contributed by atoms with Crippen LogP contribution in [0.25, 0.3) is 0 Å². The lowest BCUT2D eigenvalue weighted by Crippen LogP contribution is -2.31. The van der Waals surface area contributed by atoms with E-state index >= 15 is 0 Å². The number of likely N-dealkylation sites (tertiary alicyclic amines) is 1. The molecule has 2 aliphatic rings. The molecule has 1 saturated heterocycles. The fraction of sp³-hybridized carbons (Fsp3) is 0.917. The third-order valence-corrected chi connectivity index (χ3v) is 3.99. The van der Waals surface area contributed by atoms with Crippen LogP contribution in [-0.2, 0) is 4.79 Å². The first-order chi connectivity index (χ1) is 7.62. The van der Waals surface area contributed by atoms with Crippen molar-refractivity contribution in [3.63, 3.8) is 0 Å². The van der Waals surface area contributed by atoms with Crippen molar-refractivity contribution in [1.29, 1.82) is 0 Å². The maximum atomic E-state index is 10.9. The van der Waals surface area contributed by atoms with E-state index in [1.807, 2.05) is 0 Å². The van der Waals surface area contributed by atoms with E-state index in [2.05, 4.69) is 17.3 Å². The van der Waals surface area contributed by atoms with E-state index in [9.17, 15) is 4.79 Å². The van der Waals surface area contributed by atoms with Crippen LogP contribution in [0.5, 0.6) is 0 Å². The zero-order valence-electron chi connectivity index (χ0n) is 10.0. The lowest BCUT2D eigenvalue weighted by molar-refractivity contribution is -0.143. The third-order valence-electron chi connectivity index (χ3n) is 3.99. The Morgan fingerprint density at radius 1 is 1.56 bits per heavy atom. The average Bonchev–Trinajstić information content (AvgIpc) is 2.92. The van der Waals surface area contributed by atoms with E-state index in [-0.39, 0.29) is 0 Å². The van der Waals surface area contributed by atoms with E-state index in [0.29, 0.717) is 6.54 Å². The number of hydrogen-bond donors (Lipinski definition) is 2. The molecule has 4 nitrogen and oxygen atoms in total. The summed E-state index contributed by atoms with van der Waals surface area (Å²) in [5, 5.41) is 12.3. The summed E-state index contributed by atoms with van der Waals surface area (Å²) in [5.74, 6) is 0.179. The fourth-order valence-electron chi connectivity index (χ4n) is 2.51. The molecule has 0 spiro atoms. The van der Waals surface area contributed by atoms with Crippen LogP contribution in [0.4, 0.5) is 0 Å². The molecule has 0 aromatic rings. The van der Waals surface area contributed by atoms with Crippen LogP contribution >= 0.6 is 0 Å². The smallest absolute Gasteiger partial charge is 0.310 e. The summed E-state index contributed by atoms with van der Waals surface area (Å²) in [4.78, 5) is 13.3. The summed E-state index contributed by atoms with van der Waals surface area (Å²) in [6, 6.07) is 0. The highest BCUT2D eigenvalue weighted by Gasteiger charge is 2.49. The van der Waals surface area contributed by atoms with Gasteiger partial charge in [0.05, 0.1) is 5.41 Å². The lowest BCUT2D eigenvalue weighted by Gasteiger charge is -2.13. The molecule has 1 unspecified atom stereocenters. The number of carboxylic acid groups (broad SMARTS) is 1. The van der Waals surface area contributed by atoms with Crippen molar-refractivity contribution in [2.45, 2.75) is 25.7 Å². The van der Waals surface area contributed by atoms with E-state index in [0.717, 1.165) is 25.3 Å². The minimum atomic E-state index is -0.624. The normalized spacial score (nSPS) is 28.2. The second-order valence-corrected chi connectivity index (χ2v) is 5.47. The van der Waals surface area contributed by atoms with Crippen molar-refractivity contribution < 1.29 is 9.90 Å². The van der Waals surface area contributed by atoms with Gasteiger partial charge in [-0.1, -0.05) is 0 Å². The van der Waals surface area contributed by atoms with E-state index in [1.165, 1.54) is 25.9 Å². The number of nitrogens with zero attached hydrogens (tertiary/aromatic N) is 1. The average molecular weight is 226 g/mol.